The summed E-state index contributed by atoms with van der Waals surface area (Å²) < 4.78 is 77.5. The molecule has 0 bridgehead atoms. The fraction of sp³-hybridized carbons (Fsp3) is 0.733. The van der Waals surface area contributed by atoms with Crippen molar-refractivity contribution in [1.29, 1.82) is 0 Å². The summed E-state index contributed by atoms with van der Waals surface area (Å²) in [5, 5.41) is 0.900. The molecule has 1 aliphatic carbocycles. The van der Waals surface area contributed by atoms with Crippen LogP contribution in [-0.2, 0) is 26.7 Å². The molecule has 0 amide bonds. The molecule has 41 heavy (non-hydrogen) atoms. The Labute approximate surface area is 240 Å². The lowest BCUT2D eigenvalue weighted by atomic mass is 9.78. The second-order valence-electron chi connectivity index (χ2n) is 10.9. The smallest absolute Gasteiger partial charge is 0.288 e. The van der Waals surface area contributed by atoms with E-state index in [9.17, 15) is 8.78 Å². The number of fused-ring (bicyclic) bond motifs is 1. The first-order valence-corrected chi connectivity index (χ1v) is 15.1. The number of unbranched alkanes of at least 4 members (excludes halogenated alkanes) is 5. The van der Waals surface area contributed by atoms with Crippen LogP contribution in [0.3, 0.4) is 0 Å². The predicted octanol–water partition coefficient (Wildman–Crippen LogP) is 7.04. The van der Waals surface area contributed by atoms with Gasteiger partial charge in [-0.3, -0.25) is 4.84 Å². The highest BCUT2D eigenvalue weighted by Gasteiger charge is 2.51. The van der Waals surface area contributed by atoms with Crippen LogP contribution in [0.5, 0.6) is 5.88 Å². The number of nitrogens with zero attached hydrogens (tertiary/aromatic N) is 3. The standard InChI is InChI=1S/C30H43F4N3O4/c1-3-5-7-8-11-24-25(41-24)20-40-37-15-14-23(35-29(37)32)22-13-12-21-19-26(36-28(31)27(21)30(22,33)34)39-18-10-9-17-38-16-6-4-2/h14-15,19,22,24-25,29H,3-13,16-18,20H2,1-2H3. The highest BCUT2D eigenvalue weighted by atomic mass is 19.3. The number of alkyl halides is 3. The van der Waals surface area contributed by atoms with E-state index in [4.69, 9.17) is 19.0 Å². The molecule has 0 saturated carbocycles. The van der Waals surface area contributed by atoms with Gasteiger partial charge in [0.1, 0.15) is 12.7 Å². The number of ether oxygens (including phenoxy) is 3. The molecule has 1 saturated heterocycles. The Kier molecular flexibility index (Phi) is 11.8. The normalized spacial score (nSPS) is 24.7. The van der Waals surface area contributed by atoms with E-state index in [0.29, 0.717) is 13.0 Å². The molecular formula is C30H43F4N3O4. The number of pyridine rings is 1. The maximum Gasteiger partial charge on any atom is 0.288 e. The second kappa shape index (κ2) is 15.3. The molecule has 4 atom stereocenters. The van der Waals surface area contributed by atoms with Gasteiger partial charge in [-0.15, -0.1) is 0 Å². The van der Waals surface area contributed by atoms with Gasteiger partial charge in [0.25, 0.3) is 12.3 Å². The number of allylic oxidation sites excluding steroid dienone is 1. The Balaban J connectivity index is 1.26. The summed E-state index contributed by atoms with van der Waals surface area (Å²) >= 11 is 0. The van der Waals surface area contributed by atoms with Crippen molar-refractivity contribution in [2.45, 2.75) is 109 Å². The zero-order valence-electron chi connectivity index (χ0n) is 24.1. The van der Waals surface area contributed by atoms with Gasteiger partial charge in [-0.1, -0.05) is 46.0 Å². The number of epoxide rings is 1. The molecule has 1 aromatic heterocycles. The quantitative estimate of drug-likeness (QED) is 0.0605. The van der Waals surface area contributed by atoms with E-state index >= 15 is 8.78 Å². The van der Waals surface area contributed by atoms with E-state index in [0.717, 1.165) is 56.6 Å². The van der Waals surface area contributed by atoms with Crippen molar-refractivity contribution in [2.24, 2.45) is 10.9 Å². The van der Waals surface area contributed by atoms with Crippen molar-refractivity contribution >= 4 is 5.71 Å². The van der Waals surface area contributed by atoms with E-state index in [1.165, 1.54) is 24.8 Å². The maximum absolute atomic E-state index is 15.6. The largest absolute Gasteiger partial charge is 0.478 e. The highest BCUT2D eigenvalue weighted by molar-refractivity contribution is 5.98. The SMILES string of the molecule is CCCCCCC1OC1CON1C=CC(C2CCc3cc(OCCCCOCCCC)nc(F)c3C2(F)F)=NC1F. The number of rotatable bonds is 18. The van der Waals surface area contributed by atoms with E-state index in [1.807, 2.05) is 0 Å². The lowest BCUT2D eigenvalue weighted by Gasteiger charge is -2.35. The number of hydroxylamine groups is 2. The molecule has 1 aromatic rings. The molecule has 2 aliphatic heterocycles. The number of hydrogen-bond acceptors (Lipinski definition) is 7. The van der Waals surface area contributed by atoms with Crippen molar-refractivity contribution in [3.05, 3.63) is 35.4 Å². The van der Waals surface area contributed by atoms with Crippen LogP contribution in [-0.4, -0.2) is 60.8 Å². The Hall–Kier alpha value is -2.24. The first kappa shape index (κ1) is 31.7. The lowest BCUT2D eigenvalue weighted by molar-refractivity contribution is -0.182. The minimum atomic E-state index is -3.61. The van der Waals surface area contributed by atoms with Gasteiger partial charge in [-0.05, 0) is 50.2 Å². The Morgan fingerprint density at radius 2 is 1.80 bits per heavy atom. The van der Waals surface area contributed by atoms with Crippen molar-refractivity contribution in [2.75, 3.05) is 26.4 Å². The zero-order valence-corrected chi connectivity index (χ0v) is 24.1. The maximum atomic E-state index is 15.6. The van der Waals surface area contributed by atoms with Crippen LogP contribution in [0.25, 0.3) is 0 Å². The summed E-state index contributed by atoms with van der Waals surface area (Å²) in [6.45, 7) is 6.03. The van der Waals surface area contributed by atoms with Gasteiger partial charge in [-0.2, -0.15) is 13.8 Å². The van der Waals surface area contributed by atoms with Gasteiger partial charge < -0.3 is 14.2 Å². The van der Waals surface area contributed by atoms with Crippen LogP contribution >= 0.6 is 0 Å². The second-order valence-corrected chi connectivity index (χ2v) is 10.9. The van der Waals surface area contributed by atoms with E-state index in [2.05, 4.69) is 23.8 Å². The number of aromatic nitrogens is 1. The van der Waals surface area contributed by atoms with Crippen LogP contribution in [0.2, 0.25) is 0 Å². The molecule has 1 fully saturated rings. The molecule has 4 rings (SSSR count). The van der Waals surface area contributed by atoms with Gasteiger partial charge >= 0.3 is 0 Å². The monoisotopic (exact) mass is 585 g/mol. The predicted molar refractivity (Wildman–Crippen MR) is 147 cm³/mol. The Morgan fingerprint density at radius 3 is 2.59 bits per heavy atom. The van der Waals surface area contributed by atoms with Crippen molar-refractivity contribution < 1.29 is 36.6 Å². The molecule has 0 aromatic carbocycles. The number of aryl methyl sites for hydroxylation is 1. The van der Waals surface area contributed by atoms with Gasteiger partial charge in [-0.25, -0.2) is 18.8 Å². The summed E-state index contributed by atoms with van der Waals surface area (Å²) in [7, 11) is 0. The minimum absolute atomic E-state index is 0.0169. The molecule has 4 unspecified atom stereocenters. The minimum Gasteiger partial charge on any atom is -0.478 e. The van der Waals surface area contributed by atoms with Gasteiger partial charge in [0.05, 0.1) is 29.9 Å². The van der Waals surface area contributed by atoms with Crippen LogP contribution in [0.4, 0.5) is 17.6 Å². The Morgan fingerprint density at radius 1 is 1.02 bits per heavy atom. The van der Waals surface area contributed by atoms with E-state index in [-0.39, 0.29) is 55.4 Å². The lowest BCUT2D eigenvalue weighted by Crippen LogP contribution is -2.40. The summed E-state index contributed by atoms with van der Waals surface area (Å²) in [5.41, 5.74) is -0.760. The molecule has 0 radical (unpaired) electrons. The Bertz CT molecular complexity index is 1040. The van der Waals surface area contributed by atoms with Crippen LogP contribution in [0, 0.1) is 11.9 Å². The van der Waals surface area contributed by atoms with Crippen molar-refractivity contribution in [3.8, 4) is 5.88 Å². The number of halogens is 4. The summed E-state index contributed by atoms with van der Waals surface area (Å²) in [6.07, 6.45) is 9.82. The molecule has 3 aliphatic rings. The van der Waals surface area contributed by atoms with Gasteiger partial charge in [0.2, 0.25) is 11.8 Å². The molecule has 3 heterocycles. The molecular weight excluding hydrogens is 542 g/mol. The number of hydrogen-bond donors (Lipinski definition) is 0. The average molecular weight is 586 g/mol. The topological polar surface area (TPSA) is 68.7 Å². The first-order chi connectivity index (χ1) is 19.8. The molecule has 0 spiro atoms. The third-order valence-corrected chi connectivity index (χ3v) is 7.71. The molecule has 7 nitrogen and oxygen atoms in total. The van der Waals surface area contributed by atoms with Gasteiger partial charge in [0.15, 0.2) is 0 Å². The summed E-state index contributed by atoms with van der Waals surface area (Å²) in [5.74, 6) is -6.39. The third kappa shape index (κ3) is 8.64. The van der Waals surface area contributed by atoms with Crippen molar-refractivity contribution in [3.63, 3.8) is 0 Å². The fourth-order valence-corrected chi connectivity index (χ4v) is 5.25. The third-order valence-electron chi connectivity index (χ3n) is 7.71. The molecule has 11 heteroatoms. The number of aliphatic imine (C=N–C) groups is 1. The zero-order chi connectivity index (χ0) is 29.2. The van der Waals surface area contributed by atoms with E-state index in [1.54, 1.807) is 0 Å². The average Bonchev–Trinajstić information content (AvgIpc) is 3.69. The molecule has 0 N–H and O–H groups in total. The summed E-state index contributed by atoms with van der Waals surface area (Å²) in [4.78, 5) is 13.0. The van der Waals surface area contributed by atoms with Gasteiger partial charge in [0, 0.05) is 25.5 Å². The van der Waals surface area contributed by atoms with E-state index < -0.39 is 29.8 Å². The van der Waals surface area contributed by atoms with Crippen LogP contribution < -0.4 is 4.74 Å². The van der Waals surface area contributed by atoms with Crippen LogP contribution in [0.15, 0.2) is 23.3 Å². The highest BCUT2D eigenvalue weighted by Crippen LogP contribution is 2.47. The van der Waals surface area contributed by atoms with Crippen molar-refractivity contribution in [1.82, 2.24) is 10.0 Å². The first-order valence-electron chi connectivity index (χ1n) is 15.1. The summed E-state index contributed by atoms with van der Waals surface area (Å²) in [6, 6.07) is 1.38. The van der Waals surface area contributed by atoms with Crippen LogP contribution in [0.1, 0.15) is 89.2 Å². The molecule has 230 valence electrons. The fourth-order valence-electron chi connectivity index (χ4n) is 5.25.